The molecule has 0 aromatic heterocycles. The summed E-state index contributed by atoms with van der Waals surface area (Å²) < 4.78 is 5.23. The van der Waals surface area contributed by atoms with Crippen molar-refractivity contribution >= 4 is 17.6 Å². The molecule has 1 aromatic carbocycles. The van der Waals surface area contributed by atoms with Crippen LogP contribution in [0, 0.1) is 6.92 Å². The zero-order valence-electron chi connectivity index (χ0n) is 11.5. The van der Waals surface area contributed by atoms with Gasteiger partial charge in [-0.2, -0.15) is 0 Å². The summed E-state index contributed by atoms with van der Waals surface area (Å²) in [4.78, 5) is 23.9. The molecule has 0 fully saturated rings. The van der Waals surface area contributed by atoms with E-state index in [1.54, 1.807) is 14.2 Å². The van der Waals surface area contributed by atoms with Crippen LogP contribution in [0.1, 0.15) is 24.8 Å². The largest absolute Gasteiger partial charge is 0.495 e. The number of amides is 1. The molecule has 5 heteroatoms. The molecule has 0 atom stereocenters. The van der Waals surface area contributed by atoms with Crippen LogP contribution in [0.15, 0.2) is 18.2 Å². The minimum absolute atomic E-state index is 0.00450. The Balaban J connectivity index is 2.75. The van der Waals surface area contributed by atoms with Crippen molar-refractivity contribution in [1.29, 1.82) is 0 Å². The van der Waals surface area contributed by atoms with E-state index in [1.807, 2.05) is 25.1 Å². The van der Waals surface area contributed by atoms with Gasteiger partial charge in [-0.25, -0.2) is 0 Å². The van der Waals surface area contributed by atoms with Crippen molar-refractivity contribution in [3.05, 3.63) is 23.8 Å². The maximum absolute atomic E-state index is 12.0. The number of ether oxygens (including phenoxy) is 1. The van der Waals surface area contributed by atoms with Crippen molar-refractivity contribution in [3.8, 4) is 5.75 Å². The number of carbonyl (C=O) groups excluding carboxylic acids is 1. The molecule has 1 aromatic rings. The number of benzene rings is 1. The van der Waals surface area contributed by atoms with Gasteiger partial charge in [0.1, 0.15) is 5.75 Å². The highest BCUT2D eigenvalue weighted by Crippen LogP contribution is 2.28. The molecule has 0 saturated carbocycles. The zero-order chi connectivity index (χ0) is 14.4. The van der Waals surface area contributed by atoms with E-state index in [4.69, 9.17) is 9.84 Å². The van der Waals surface area contributed by atoms with Gasteiger partial charge in [0.05, 0.1) is 12.8 Å². The van der Waals surface area contributed by atoms with Gasteiger partial charge in [-0.15, -0.1) is 0 Å². The lowest BCUT2D eigenvalue weighted by atomic mass is 10.1. The van der Waals surface area contributed by atoms with Crippen LogP contribution in [0.2, 0.25) is 0 Å². The minimum atomic E-state index is -0.886. The summed E-state index contributed by atoms with van der Waals surface area (Å²) in [5.41, 5.74) is 1.73. The van der Waals surface area contributed by atoms with Crippen molar-refractivity contribution in [2.45, 2.75) is 26.2 Å². The number of anilines is 1. The third kappa shape index (κ3) is 4.28. The maximum atomic E-state index is 12.0. The number of hydrogen-bond donors (Lipinski definition) is 1. The molecule has 1 N–H and O–H groups in total. The minimum Gasteiger partial charge on any atom is -0.495 e. The Labute approximate surface area is 112 Å². The van der Waals surface area contributed by atoms with Gasteiger partial charge in [-0.3, -0.25) is 9.59 Å². The summed E-state index contributed by atoms with van der Waals surface area (Å²) >= 11 is 0. The number of aliphatic carboxylic acids is 1. The van der Waals surface area contributed by atoms with E-state index >= 15 is 0 Å². The second kappa shape index (κ2) is 6.78. The lowest BCUT2D eigenvalue weighted by Gasteiger charge is -2.20. The number of nitrogens with zero attached hydrogens (tertiary/aromatic N) is 1. The van der Waals surface area contributed by atoms with Crippen LogP contribution >= 0.6 is 0 Å². The monoisotopic (exact) mass is 265 g/mol. The normalized spacial score (nSPS) is 10.1. The van der Waals surface area contributed by atoms with Crippen LogP contribution in [0.25, 0.3) is 0 Å². The fourth-order valence-corrected chi connectivity index (χ4v) is 1.76. The first-order valence-electron chi connectivity index (χ1n) is 6.08. The van der Waals surface area contributed by atoms with Gasteiger partial charge in [0.25, 0.3) is 0 Å². The van der Waals surface area contributed by atoms with Crippen molar-refractivity contribution in [3.63, 3.8) is 0 Å². The number of carbonyl (C=O) groups is 2. The summed E-state index contributed by atoms with van der Waals surface area (Å²) in [5.74, 6) is -0.381. The predicted molar refractivity (Wildman–Crippen MR) is 72.6 cm³/mol. The van der Waals surface area contributed by atoms with Crippen LogP contribution in [0.4, 0.5) is 5.69 Å². The molecule has 0 aliphatic rings. The van der Waals surface area contributed by atoms with E-state index in [-0.39, 0.29) is 18.7 Å². The summed E-state index contributed by atoms with van der Waals surface area (Å²) in [6, 6.07) is 5.59. The number of methoxy groups -OCH3 is 1. The molecule has 0 unspecified atom stereocenters. The quantitative estimate of drug-likeness (QED) is 0.856. The van der Waals surface area contributed by atoms with Gasteiger partial charge in [-0.1, -0.05) is 6.07 Å². The first kappa shape index (κ1) is 15.0. The lowest BCUT2D eigenvalue weighted by Crippen LogP contribution is -2.26. The standard InChI is InChI=1S/C14H19NO4/c1-10-7-8-12(19-3)11(9-10)15(2)13(16)5-4-6-14(17)18/h7-9H,4-6H2,1-3H3,(H,17,18). The smallest absolute Gasteiger partial charge is 0.303 e. The van der Waals surface area contributed by atoms with Gasteiger partial charge in [0.15, 0.2) is 0 Å². The molecule has 104 valence electrons. The van der Waals surface area contributed by atoms with E-state index in [0.29, 0.717) is 17.9 Å². The topological polar surface area (TPSA) is 66.8 Å². The number of aryl methyl sites for hydroxylation is 1. The summed E-state index contributed by atoms with van der Waals surface area (Å²) in [5, 5.41) is 8.56. The van der Waals surface area contributed by atoms with E-state index in [9.17, 15) is 9.59 Å². The highest BCUT2D eigenvalue weighted by Gasteiger charge is 2.15. The van der Waals surface area contributed by atoms with Crippen LogP contribution in [-0.4, -0.2) is 31.1 Å². The third-order valence-electron chi connectivity index (χ3n) is 2.85. The SMILES string of the molecule is COc1ccc(C)cc1N(C)C(=O)CCCC(=O)O. The highest BCUT2D eigenvalue weighted by molar-refractivity contribution is 5.94. The van der Waals surface area contributed by atoms with Gasteiger partial charge in [-0.05, 0) is 31.0 Å². The average Bonchev–Trinajstić information content (AvgIpc) is 2.37. The summed E-state index contributed by atoms with van der Waals surface area (Å²) in [7, 11) is 3.22. The number of rotatable bonds is 6. The molecule has 0 heterocycles. The molecule has 19 heavy (non-hydrogen) atoms. The lowest BCUT2D eigenvalue weighted by molar-refractivity contribution is -0.137. The molecule has 5 nitrogen and oxygen atoms in total. The van der Waals surface area contributed by atoms with E-state index in [2.05, 4.69) is 0 Å². The molecule has 0 spiro atoms. The Hall–Kier alpha value is -2.04. The van der Waals surface area contributed by atoms with Crippen LogP contribution in [0.3, 0.4) is 0 Å². The third-order valence-corrected chi connectivity index (χ3v) is 2.85. The van der Waals surface area contributed by atoms with Gasteiger partial charge < -0.3 is 14.7 Å². The first-order chi connectivity index (χ1) is 8.95. The molecular formula is C14H19NO4. The maximum Gasteiger partial charge on any atom is 0.303 e. The fourth-order valence-electron chi connectivity index (χ4n) is 1.76. The zero-order valence-corrected chi connectivity index (χ0v) is 11.5. The van der Waals surface area contributed by atoms with E-state index < -0.39 is 5.97 Å². The molecule has 1 amide bonds. The summed E-state index contributed by atoms with van der Waals surface area (Å²) in [6.07, 6.45) is 0.553. The van der Waals surface area contributed by atoms with Crippen LogP contribution in [-0.2, 0) is 9.59 Å². The Morgan fingerprint density at radius 3 is 2.58 bits per heavy atom. The van der Waals surface area contributed by atoms with Crippen molar-refractivity contribution < 1.29 is 19.4 Å². The predicted octanol–water partition coefficient (Wildman–Crippen LogP) is 2.22. The number of hydrogen-bond acceptors (Lipinski definition) is 3. The van der Waals surface area contributed by atoms with Crippen LogP contribution in [0.5, 0.6) is 5.75 Å². The average molecular weight is 265 g/mol. The Bertz CT molecular complexity index is 471. The van der Waals surface area contributed by atoms with Gasteiger partial charge in [0.2, 0.25) is 5.91 Å². The molecule has 0 bridgehead atoms. The molecule has 0 aliphatic carbocycles. The Morgan fingerprint density at radius 1 is 1.32 bits per heavy atom. The van der Waals surface area contributed by atoms with Crippen molar-refractivity contribution in [2.24, 2.45) is 0 Å². The van der Waals surface area contributed by atoms with Crippen molar-refractivity contribution in [2.75, 3.05) is 19.1 Å². The van der Waals surface area contributed by atoms with Gasteiger partial charge in [0, 0.05) is 19.9 Å². The first-order valence-corrected chi connectivity index (χ1v) is 6.08. The van der Waals surface area contributed by atoms with E-state index in [0.717, 1.165) is 5.56 Å². The highest BCUT2D eigenvalue weighted by atomic mass is 16.5. The molecule has 0 aliphatic heterocycles. The molecule has 0 radical (unpaired) electrons. The van der Waals surface area contributed by atoms with Crippen molar-refractivity contribution in [1.82, 2.24) is 0 Å². The molecule has 0 saturated heterocycles. The summed E-state index contributed by atoms with van der Waals surface area (Å²) in [6.45, 7) is 1.94. The second-order valence-corrected chi connectivity index (χ2v) is 4.38. The number of carboxylic acids is 1. The number of carboxylic acid groups (broad SMARTS) is 1. The Kier molecular flexibility index (Phi) is 5.36. The Morgan fingerprint density at radius 2 is 2.00 bits per heavy atom. The van der Waals surface area contributed by atoms with E-state index in [1.165, 1.54) is 4.90 Å². The molecular weight excluding hydrogens is 246 g/mol. The second-order valence-electron chi connectivity index (χ2n) is 4.38. The van der Waals surface area contributed by atoms with Crippen LogP contribution < -0.4 is 9.64 Å². The fraction of sp³-hybridized carbons (Fsp3) is 0.429. The van der Waals surface area contributed by atoms with Gasteiger partial charge >= 0.3 is 5.97 Å². The molecule has 1 rings (SSSR count).